The molecule has 1 fully saturated rings. The molecule has 0 saturated heterocycles. The largest absolute Gasteiger partial charge is 0.481 e. The molecule has 8 nitrogen and oxygen atoms in total. The minimum absolute atomic E-state index is 0.223. The smallest absolute Gasteiger partial charge is 0.300 e. The van der Waals surface area contributed by atoms with Crippen LogP contribution in [0.3, 0.4) is 0 Å². The number of aliphatic hydroxyl groups is 1. The van der Waals surface area contributed by atoms with Crippen LogP contribution in [0.1, 0.15) is 56.4 Å². The van der Waals surface area contributed by atoms with Crippen molar-refractivity contribution in [1.29, 1.82) is 0 Å². The number of hydrogen-bond donors (Lipinski definition) is 3. The average molecular weight is 339 g/mol. The monoisotopic (exact) mass is 339 g/mol. The normalized spacial score (nSPS) is 19.4. The van der Waals surface area contributed by atoms with Crippen molar-refractivity contribution in [2.24, 2.45) is 5.73 Å². The molecule has 2 aliphatic rings. The fourth-order valence-electron chi connectivity index (χ4n) is 2.65. The van der Waals surface area contributed by atoms with Crippen LogP contribution in [0.2, 0.25) is 0 Å². The minimum atomic E-state index is -0.866. The van der Waals surface area contributed by atoms with Crippen LogP contribution in [0.4, 0.5) is 0 Å². The lowest BCUT2D eigenvalue weighted by atomic mass is 9.85. The van der Waals surface area contributed by atoms with E-state index in [4.69, 9.17) is 20.1 Å². The third-order valence-corrected chi connectivity index (χ3v) is 4.32. The predicted molar refractivity (Wildman–Crippen MR) is 85.2 cm³/mol. The van der Waals surface area contributed by atoms with Gasteiger partial charge in [-0.15, -0.1) is 0 Å². The third kappa shape index (κ3) is 4.33. The summed E-state index contributed by atoms with van der Waals surface area (Å²) in [7, 11) is 0. The molecular weight excluding hydrogens is 314 g/mol. The van der Waals surface area contributed by atoms with E-state index in [2.05, 4.69) is 4.98 Å². The van der Waals surface area contributed by atoms with E-state index in [0.29, 0.717) is 25.4 Å². The summed E-state index contributed by atoms with van der Waals surface area (Å²) in [5.74, 6) is 1.14. The van der Waals surface area contributed by atoms with Gasteiger partial charge in [0.05, 0.1) is 12.6 Å². The number of nitrogens with zero attached hydrogens (tertiary/aromatic N) is 2. The number of nitrogens with two attached hydrogens (primary N) is 1. The Kier molecular flexibility index (Phi) is 5.95. The van der Waals surface area contributed by atoms with E-state index in [-0.39, 0.29) is 5.91 Å². The third-order valence-electron chi connectivity index (χ3n) is 4.32. The topological polar surface area (TPSA) is 130 Å². The lowest BCUT2D eigenvalue weighted by Gasteiger charge is -2.28. The number of aliphatic hydroxyl groups excluding tert-OH is 1. The molecule has 2 atom stereocenters. The number of hydrogen-bond acceptors (Lipinski definition) is 6. The summed E-state index contributed by atoms with van der Waals surface area (Å²) >= 11 is 0. The molecule has 0 aromatic carbocycles. The first-order valence-electron chi connectivity index (χ1n) is 8.20. The molecule has 0 bridgehead atoms. The number of aromatic nitrogens is 1. The molecule has 0 unspecified atom stereocenters. The Hall–Kier alpha value is -1.93. The van der Waals surface area contributed by atoms with Crippen molar-refractivity contribution in [2.45, 2.75) is 64.1 Å². The highest BCUT2D eigenvalue weighted by Crippen LogP contribution is 2.37. The van der Waals surface area contributed by atoms with Gasteiger partial charge < -0.3 is 25.3 Å². The molecule has 0 radical (unpaired) electrons. The van der Waals surface area contributed by atoms with Gasteiger partial charge in [0, 0.05) is 25.8 Å². The minimum Gasteiger partial charge on any atom is -0.481 e. The van der Waals surface area contributed by atoms with Crippen molar-refractivity contribution in [3.8, 4) is 0 Å². The fourth-order valence-corrected chi connectivity index (χ4v) is 2.65. The first-order valence-corrected chi connectivity index (χ1v) is 8.20. The Morgan fingerprint density at radius 2 is 2.04 bits per heavy atom. The number of aliphatic carboxylic acids is 1. The molecule has 1 amide bonds. The van der Waals surface area contributed by atoms with E-state index >= 15 is 0 Å². The molecule has 1 aliphatic carbocycles. The summed E-state index contributed by atoms with van der Waals surface area (Å²) in [6.07, 6.45) is 3.37. The fraction of sp³-hybridized carbons (Fsp3) is 0.688. The number of fused-ring (bicyclic) bond motifs is 1. The summed E-state index contributed by atoms with van der Waals surface area (Å²) < 4.78 is 5.82. The van der Waals surface area contributed by atoms with Gasteiger partial charge in [-0.3, -0.25) is 9.59 Å². The van der Waals surface area contributed by atoms with E-state index in [1.54, 1.807) is 4.90 Å². The van der Waals surface area contributed by atoms with Crippen molar-refractivity contribution in [1.82, 2.24) is 9.88 Å². The lowest BCUT2D eigenvalue weighted by molar-refractivity contribution is -0.136. The molecule has 134 valence electrons. The predicted octanol–water partition coefficient (Wildman–Crippen LogP) is 0.626. The molecule has 1 aliphatic heterocycles. The van der Waals surface area contributed by atoms with Gasteiger partial charge in [0.1, 0.15) is 17.5 Å². The van der Waals surface area contributed by atoms with Gasteiger partial charge >= 0.3 is 0 Å². The summed E-state index contributed by atoms with van der Waals surface area (Å²) in [6, 6.07) is -0.866. The van der Waals surface area contributed by atoms with Crippen molar-refractivity contribution in [3.63, 3.8) is 0 Å². The van der Waals surface area contributed by atoms with Crippen LogP contribution < -0.4 is 5.73 Å². The Labute approximate surface area is 140 Å². The second kappa shape index (κ2) is 7.76. The second-order valence-corrected chi connectivity index (χ2v) is 6.34. The zero-order valence-electron chi connectivity index (χ0n) is 14.1. The maximum absolute atomic E-state index is 12.1. The molecule has 8 heteroatoms. The molecule has 1 saturated carbocycles. The Morgan fingerprint density at radius 3 is 2.54 bits per heavy atom. The number of rotatable bonds is 3. The van der Waals surface area contributed by atoms with Gasteiger partial charge in [-0.05, 0) is 19.8 Å². The summed E-state index contributed by atoms with van der Waals surface area (Å²) in [4.78, 5) is 27.3. The highest BCUT2D eigenvalue weighted by molar-refractivity contribution is 5.82. The Morgan fingerprint density at radius 1 is 1.42 bits per heavy atom. The van der Waals surface area contributed by atoms with Gasteiger partial charge in [-0.1, -0.05) is 6.42 Å². The zero-order valence-corrected chi connectivity index (χ0v) is 14.1. The Balaban J connectivity index is 0.000000471. The van der Waals surface area contributed by atoms with Gasteiger partial charge in [0.15, 0.2) is 5.89 Å². The number of carboxylic acids is 1. The summed E-state index contributed by atoms with van der Waals surface area (Å²) in [6.45, 7) is 3.62. The number of carbonyl (C=O) groups is 2. The quantitative estimate of drug-likeness (QED) is 0.736. The van der Waals surface area contributed by atoms with Crippen LogP contribution in [-0.4, -0.2) is 50.7 Å². The molecular formula is C16H25N3O5. The first kappa shape index (κ1) is 18.4. The van der Waals surface area contributed by atoms with E-state index in [9.17, 15) is 9.90 Å². The number of oxazole rings is 1. The van der Waals surface area contributed by atoms with Gasteiger partial charge in [0.25, 0.3) is 5.97 Å². The molecule has 1 aromatic rings. The molecule has 4 N–H and O–H groups in total. The molecule has 2 heterocycles. The van der Waals surface area contributed by atoms with E-state index in [1.807, 2.05) is 0 Å². The Bertz CT molecular complexity index is 591. The van der Waals surface area contributed by atoms with Crippen molar-refractivity contribution in [3.05, 3.63) is 17.3 Å². The maximum Gasteiger partial charge on any atom is 0.300 e. The molecule has 0 spiro atoms. The molecule has 3 rings (SSSR count). The first-order chi connectivity index (χ1) is 11.3. The van der Waals surface area contributed by atoms with E-state index < -0.39 is 18.1 Å². The maximum atomic E-state index is 12.1. The van der Waals surface area contributed by atoms with Gasteiger partial charge in [-0.25, -0.2) is 4.98 Å². The summed E-state index contributed by atoms with van der Waals surface area (Å²) in [5.41, 5.74) is 6.56. The van der Waals surface area contributed by atoms with Crippen molar-refractivity contribution < 1.29 is 24.2 Å². The van der Waals surface area contributed by atoms with Crippen LogP contribution in [-0.2, 0) is 22.6 Å². The van der Waals surface area contributed by atoms with Crippen molar-refractivity contribution in [2.75, 3.05) is 6.54 Å². The van der Waals surface area contributed by atoms with Gasteiger partial charge in [-0.2, -0.15) is 0 Å². The number of amides is 1. The molecule has 1 aromatic heterocycles. The van der Waals surface area contributed by atoms with Crippen LogP contribution in [0.15, 0.2) is 4.42 Å². The highest BCUT2D eigenvalue weighted by atomic mass is 16.4. The van der Waals surface area contributed by atoms with Crippen LogP contribution in [0.5, 0.6) is 0 Å². The zero-order chi connectivity index (χ0) is 17.9. The van der Waals surface area contributed by atoms with Crippen LogP contribution >= 0.6 is 0 Å². The lowest BCUT2D eigenvalue weighted by Crippen LogP contribution is -2.50. The van der Waals surface area contributed by atoms with Crippen LogP contribution in [0, 0.1) is 0 Å². The SMILES string of the molecule is CC(=O)O.C[C@@H](O)[C@H](N)C(=O)N1CCc2oc(C3CCC3)nc2C1. The van der Waals surface area contributed by atoms with Crippen LogP contribution in [0.25, 0.3) is 0 Å². The second-order valence-electron chi connectivity index (χ2n) is 6.34. The standard InChI is InChI=1S/C14H21N3O3.C2H4O2/c1-8(18)12(15)14(19)17-6-5-11-10(7-17)16-13(20-11)9-3-2-4-9;1-2(3)4/h8-9,12,18H,2-7,15H2,1H3;1H3,(H,3,4)/t8-,12+;/m1./s1. The molecule has 24 heavy (non-hydrogen) atoms. The van der Waals surface area contributed by atoms with Crippen molar-refractivity contribution >= 4 is 11.9 Å². The highest BCUT2D eigenvalue weighted by Gasteiger charge is 2.32. The average Bonchev–Trinajstić information content (AvgIpc) is 2.85. The van der Waals surface area contributed by atoms with E-state index in [1.165, 1.54) is 13.3 Å². The summed E-state index contributed by atoms with van der Waals surface area (Å²) in [5, 5.41) is 16.8. The van der Waals surface area contributed by atoms with E-state index in [0.717, 1.165) is 37.1 Å². The number of carbonyl (C=O) groups excluding carboxylic acids is 1. The number of carboxylic acid groups (broad SMARTS) is 1. The van der Waals surface area contributed by atoms with Gasteiger partial charge in [0.2, 0.25) is 5.91 Å².